The normalized spacial score (nSPS) is 19.9. The van der Waals surface area contributed by atoms with Crippen LogP contribution in [0.25, 0.3) is 0 Å². The Morgan fingerprint density at radius 1 is 1.31 bits per heavy atom. The van der Waals surface area contributed by atoms with Crippen LogP contribution in [0, 0.1) is 11.6 Å². The van der Waals surface area contributed by atoms with Gasteiger partial charge in [-0.3, -0.25) is 14.4 Å². The van der Waals surface area contributed by atoms with Crippen LogP contribution >= 0.6 is 0 Å². The molecular formula is C21H22F2N4O5. The molecular weight excluding hydrogens is 426 g/mol. The van der Waals surface area contributed by atoms with Crippen molar-refractivity contribution >= 4 is 11.8 Å². The summed E-state index contributed by atoms with van der Waals surface area (Å²) in [5.41, 5.74) is 1.37. The van der Waals surface area contributed by atoms with Crippen molar-refractivity contribution in [2.45, 2.75) is 38.7 Å². The van der Waals surface area contributed by atoms with Crippen molar-refractivity contribution in [3.8, 4) is 5.75 Å². The maximum atomic E-state index is 13.9. The second kappa shape index (κ2) is 8.67. The molecule has 4 rings (SSSR count). The first-order chi connectivity index (χ1) is 15.3. The van der Waals surface area contributed by atoms with E-state index in [-0.39, 0.29) is 41.7 Å². The molecule has 2 aliphatic rings. The summed E-state index contributed by atoms with van der Waals surface area (Å²) >= 11 is 0. The first-order valence-corrected chi connectivity index (χ1v) is 10.1. The topological polar surface area (TPSA) is 102 Å². The van der Waals surface area contributed by atoms with Gasteiger partial charge in [0.15, 0.2) is 11.9 Å². The van der Waals surface area contributed by atoms with Crippen molar-refractivity contribution < 1.29 is 27.9 Å². The highest BCUT2D eigenvalue weighted by Crippen LogP contribution is 2.29. The Bertz CT molecular complexity index is 1140. The molecule has 0 saturated carbocycles. The van der Waals surface area contributed by atoms with Crippen molar-refractivity contribution in [1.82, 2.24) is 20.3 Å². The summed E-state index contributed by atoms with van der Waals surface area (Å²) in [5.74, 6) is -3.09. The van der Waals surface area contributed by atoms with E-state index in [0.29, 0.717) is 19.1 Å². The molecule has 1 aromatic carbocycles. The Morgan fingerprint density at radius 2 is 2.09 bits per heavy atom. The minimum atomic E-state index is -0.819. The number of hydroxylamine groups is 1. The molecule has 2 atom stereocenters. The monoisotopic (exact) mass is 448 g/mol. The van der Waals surface area contributed by atoms with Gasteiger partial charge in [-0.25, -0.2) is 8.78 Å². The highest BCUT2D eigenvalue weighted by Gasteiger charge is 2.41. The summed E-state index contributed by atoms with van der Waals surface area (Å²) in [6.07, 6.45) is 1.40. The van der Waals surface area contributed by atoms with E-state index in [1.165, 1.54) is 23.9 Å². The number of nitrogens with one attached hydrogen (secondary N) is 2. The lowest BCUT2D eigenvalue weighted by atomic mass is 10.1. The van der Waals surface area contributed by atoms with Crippen molar-refractivity contribution in [3.63, 3.8) is 0 Å². The summed E-state index contributed by atoms with van der Waals surface area (Å²) < 4.78 is 34.1. The van der Waals surface area contributed by atoms with Crippen LogP contribution in [0.3, 0.4) is 0 Å². The Morgan fingerprint density at radius 3 is 2.81 bits per heavy atom. The third kappa shape index (κ3) is 3.84. The van der Waals surface area contributed by atoms with Crippen molar-refractivity contribution in [1.29, 1.82) is 0 Å². The SMILES string of the molecule is CNOc1c2n(cc(C(=O)NCc3ccc(F)cc3F)c1=O)CC1OCCC(C)N1C2=O. The molecule has 9 nitrogen and oxygen atoms in total. The molecule has 1 saturated heterocycles. The molecule has 3 heterocycles. The van der Waals surface area contributed by atoms with E-state index in [1.807, 2.05) is 6.92 Å². The van der Waals surface area contributed by atoms with Gasteiger partial charge in [0.05, 0.1) is 13.2 Å². The number of ether oxygens (including phenoxy) is 1. The van der Waals surface area contributed by atoms with Crippen LogP contribution < -0.4 is 21.1 Å². The fraction of sp³-hybridized carbons (Fsp3) is 0.381. The average molecular weight is 448 g/mol. The number of aromatic nitrogens is 1. The molecule has 32 heavy (non-hydrogen) atoms. The van der Waals surface area contributed by atoms with Gasteiger partial charge in [-0.15, -0.1) is 0 Å². The summed E-state index contributed by atoms with van der Waals surface area (Å²) in [6.45, 7) is 2.33. The number of halogens is 2. The number of amides is 2. The largest absolute Gasteiger partial charge is 0.402 e. The Balaban J connectivity index is 1.68. The number of nitrogens with zero attached hydrogens (tertiary/aromatic N) is 2. The molecule has 2 amide bonds. The van der Waals surface area contributed by atoms with Crippen LogP contribution in [0.15, 0.2) is 29.2 Å². The molecule has 2 aromatic rings. The second-order valence-corrected chi connectivity index (χ2v) is 7.60. The van der Waals surface area contributed by atoms with Gasteiger partial charge >= 0.3 is 0 Å². The highest BCUT2D eigenvalue weighted by molar-refractivity contribution is 5.99. The third-order valence-corrected chi connectivity index (χ3v) is 5.56. The molecule has 0 spiro atoms. The van der Waals surface area contributed by atoms with E-state index in [1.54, 1.807) is 4.90 Å². The van der Waals surface area contributed by atoms with Gasteiger partial charge in [0.2, 0.25) is 11.2 Å². The van der Waals surface area contributed by atoms with Gasteiger partial charge < -0.3 is 24.4 Å². The van der Waals surface area contributed by atoms with Gasteiger partial charge in [0, 0.05) is 37.5 Å². The van der Waals surface area contributed by atoms with Gasteiger partial charge in [-0.2, -0.15) is 5.48 Å². The quantitative estimate of drug-likeness (QED) is 0.666. The van der Waals surface area contributed by atoms with E-state index in [4.69, 9.17) is 9.57 Å². The maximum Gasteiger partial charge on any atom is 0.276 e. The zero-order chi connectivity index (χ0) is 23.0. The van der Waals surface area contributed by atoms with Crippen LogP contribution in [0.4, 0.5) is 8.78 Å². The molecule has 0 bridgehead atoms. The predicted molar refractivity (Wildman–Crippen MR) is 108 cm³/mol. The van der Waals surface area contributed by atoms with Crippen LogP contribution in [0.5, 0.6) is 5.75 Å². The minimum absolute atomic E-state index is 0.0130. The lowest BCUT2D eigenvalue weighted by molar-refractivity contribution is -0.112. The fourth-order valence-corrected chi connectivity index (χ4v) is 3.94. The Hall–Kier alpha value is -3.31. The fourth-order valence-electron chi connectivity index (χ4n) is 3.94. The number of carbonyl (C=O) groups excluding carboxylic acids is 2. The molecule has 170 valence electrons. The summed E-state index contributed by atoms with van der Waals surface area (Å²) in [4.78, 5) is 45.8. The molecule has 0 radical (unpaired) electrons. The van der Waals surface area contributed by atoms with E-state index < -0.39 is 35.1 Å². The van der Waals surface area contributed by atoms with E-state index >= 15 is 0 Å². The minimum Gasteiger partial charge on any atom is -0.402 e. The van der Waals surface area contributed by atoms with Gasteiger partial charge in [0.1, 0.15) is 17.2 Å². The van der Waals surface area contributed by atoms with Crippen molar-refractivity contribution in [2.24, 2.45) is 0 Å². The number of rotatable bonds is 5. The van der Waals surface area contributed by atoms with Gasteiger partial charge in [0.25, 0.3) is 11.8 Å². The predicted octanol–water partition coefficient (Wildman–Crippen LogP) is 1.16. The lowest BCUT2D eigenvalue weighted by Gasteiger charge is -2.44. The molecule has 1 aromatic heterocycles. The van der Waals surface area contributed by atoms with Crippen LogP contribution in [0.2, 0.25) is 0 Å². The van der Waals surface area contributed by atoms with E-state index in [2.05, 4.69) is 10.8 Å². The van der Waals surface area contributed by atoms with E-state index in [9.17, 15) is 23.2 Å². The number of pyridine rings is 1. The van der Waals surface area contributed by atoms with Crippen molar-refractivity contribution in [3.05, 3.63) is 63.1 Å². The summed E-state index contributed by atoms with van der Waals surface area (Å²) in [5, 5.41) is 2.45. The highest BCUT2D eigenvalue weighted by atomic mass is 19.1. The second-order valence-electron chi connectivity index (χ2n) is 7.60. The molecule has 2 N–H and O–H groups in total. The summed E-state index contributed by atoms with van der Waals surface area (Å²) in [7, 11) is 1.42. The molecule has 2 unspecified atom stereocenters. The molecule has 2 aliphatic heterocycles. The zero-order valence-electron chi connectivity index (χ0n) is 17.5. The zero-order valence-corrected chi connectivity index (χ0v) is 17.5. The smallest absolute Gasteiger partial charge is 0.276 e. The number of hydrogen-bond donors (Lipinski definition) is 2. The van der Waals surface area contributed by atoms with Gasteiger partial charge in [-0.05, 0) is 19.4 Å². The van der Waals surface area contributed by atoms with Crippen molar-refractivity contribution in [2.75, 3.05) is 13.7 Å². The Kier molecular flexibility index (Phi) is 5.94. The number of hydrogen-bond acceptors (Lipinski definition) is 6. The lowest BCUT2D eigenvalue weighted by Crippen LogP contribution is -2.57. The van der Waals surface area contributed by atoms with Crippen LogP contribution in [0.1, 0.15) is 39.8 Å². The first-order valence-electron chi connectivity index (χ1n) is 10.1. The van der Waals surface area contributed by atoms with Gasteiger partial charge in [-0.1, -0.05) is 6.07 Å². The third-order valence-electron chi connectivity index (χ3n) is 5.56. The average Bonchev–Trinajstić information content (AvgIpc) is 2.75. The number of fused-ring (bicyclic) bond motifs is 2. The van der Waals surface area contributed by atoms with Crippen LogP contribution in [-0.4, -0.2) is 47.2 Å². The van der Waals surface area contributed by atoms with E-state index in [0.717, 1.165) is 6.07 Å². The Labute approximate surface area is 181 Å². The molecule has 11 heteroatoms. The summed E-state index contributed by atoms with van der Waals surface area (Å²) in [6, 6.07) is 2.90. The number of benzene rings is 1. The first kappa shape index (κ1) is 21.9. The maximum absolute atomic E-state index is 13.9. The number of carbonyl (C=O) groups is 2. The standard InChI is InChI=1S/C21H22F2N4O5/c1-11-5-6-31-16-10-26-9-14(18(28)19(32-24-2)17(26)21(30)27(11)16)20(29)25-8-12-3-4-13(22)7-15(12)23/h3-4,7,9,11,16,24H,5-6,8,10H2,1-2H3,(H,25,29). The molecule has 0 aliphatic carbocycles. The molecule has 1 fully saturated rings. The van der Waals surface area contributed by atoms with Crippen LogP contribution in [-0.2, 0) is 17.8 Å².